The molecule has 0 saturated heterocycles. The first-order valence-electron chi connectivity index (χ1n) is 7.61. The molecule has 26 heavy (non-hydrogen) atoms. The minimum Gasteiger partial charge on any atom is -0.340 e. The Morgan fingerprint density at radius 1 is 0.962 bits per heavy atom. The van der Waals surface area contributed by atoms with Gasteiger partial charge in [-0.05, 0) is 42.0 Å². The Hall–Kier alpha value is -2.34. The highest BCUT2D eigenvalue weighted by molar-refractivity contribution is 6.30. The van der Waals surface area contributed by atoms with E-state index in [-0.39, 0.29) is 24.8 Å². The molecule has 8 heteroatoms. The average molecular weight is 407 g/mol. The first-order valence-corrected chi connectivity index (χ1v) is 7.99. The molecule has 132 valence electrons. The summed E-state index contributed by atoms with van der Waals surface area (Å²) in [6.07, 6.45) is 5.60. The molecule has 0 unspecified atom stereocenters. The summed E-state index contributed by atoms with van der Waals surface area (Å²) in [5, 5.41) is 9.58. The normalized spacial score (nSPS) is 11.3. The molecule has 5 rings (SSSR count). The van der Waals surface area contributed by atoms with Gasteiger partial charge in [-0.15, -0.1) is 35.0 Å². The van der Waals surface area contributed by atoms with Gasteiger partial charge in [-0.2, -0.15) is 0 Å². The Morgan fingerprint density at radius 3 is 2.62 bits per heavy atom. The number of nitrogens with zero attached hydrogens (tertiary/aromatic N) is 5. The van der Waals surface area contributed by atoms with Gasteiger partial charge in [-0.1, -0.05) is 17.7 Å². The van der Waals surface area contributed by atoms with Gasteiger partial charge in [0.1, 0.15) is 0 Å². The van der Waals surface area contributed by atoms with Crippen molar-refractivity contribution in [3.63, 3.8) is 0 Å². The maximum atomic E-state index is 6.27. The van der Waals surface area contributed by atoms with Gasteiger partial charge in [0.25, 0.3) is 0 Å². The summed E-state index contributed by atoms with van der Waals surface area (Å²) in [6.45, 7) is 0.769. The van der Waals surface area contributed by atoms with E-state index in [1.54, 1.807) is 12.4 Å². The number of aromatic nitrogens is 5. The lowest BCUT2D eigenvalue weighted by atomic mass is 10.1. The molecule has 0 amide bonds. The molecule has 3 aromatic heterocycles. The smallest absolute Gasteiger partial charge is 0.185 e. The molecule has 0 atom stereocenters. The molecule has 0 spiro atoms. The standard InChI is InChI=1S/C18H12ClN5.2ClH/c19-14-6-5-13-11-23-8-2-4-15(23)18-22-21-17(24(18)16(13)9-14)12-3-1-7-20-10-12;;/h1-10H,11H2;2*1H. The van der Waals surface area contributed by atoms with E-state index < -0.39 is 0 Å². The Balaban J connectivity index is 0.000000980. The van der Waals surface area contributed by atoms with Crippen molar-refractivity contribution in [2.24, 2.45) is 0 Å². The number of pyridine rings is 1. The monoisotopic (exact) mass is 405 g/mol. The zero-order valence-corrected chi connectivity index (χ0v) is 15.8. The number of rotatable bonds is 1. The van der Waals surface area contributed by atoms with Crippen LogP contribution in [-0.2, 0) is 6.54 Å². The fourth-order valence-electron chi connectivity index (χ4n) is 3.18. The molecular weight excluding hydrogens is 393 g/mol. The van der Waals surface area contributed by atoms with Gasteiger partial charge in [-0.25, -0.2) is 0 Å². The predicted octanol–water partition coefficient (Wildman–Crippen LogP) is 4.66. The number of hydrogen-bond donors (Lipinski definition) is 0. The van der Waals surface area contributed by atoms with E-state index >= 15 is 0 Å². The minimum atomic E-state index is 0. The van der Waals surface area contributed by atoms with Crippen LogP contribution in [0.5, 0.6) is 0 Å². The molecule has 5 nitrogen and oxygen atoms in total. The summed E-state index contributed by atoms with van der Waals surface area (Å²) < 4.78 is 4.24. The van der Waals surface area contributed by atoms with E-state index in [0.29, 0.717) is 5.02 Å². The summed E-state index contributed by atoms with van der Waals surface area (Å²) in [5.74, 6) is 1.57. The van der Waals surface area contributed by atoms with Gasteiger partial charge < -0.3 is 4.57 Å². The largest absolute Gasteiger partial charge is 0.340 e. The topological polar surface area (TPSA) is 48.5 Å². The van der Waals surface area contributed by atoms with Gasteiger partial charge in [0.2, 0.25) is 0 Å². The zero-order valence-electron chi connectivity index (χ0n) is 13.4. The third kappa shape index (κ3) is 2.78. The number of benzene rings is 1. The SMILES string of the molecule is Cl.Cl.Clc1ccc2c(c1)-n1c(-c3cccnc3)nnc1-c1cccn1C2. The molecule has 0 fully saturated rings. The molecule has 0 N–H and O–H groups in total. The van der Waals surface area contributed by atoms with E-state index in [0.717, 1.165) is 35.1 Å². The maximum Gasteiger partial charge on any atom is 0.185 e. The lowest BCUT2D eigenvalue weighted by molar-refractivity contribution is 0.816. The minimum absolute atomic E-state index is 0. The summed E-state index contributed by atoms with van der Waals surface area (Å²) in [7, 11) is 0. The van der Waals surface area contributed by atoms with Crippen LogP contribution >= 0.6 is 36.4 Å². The lowest BCUT2D eigenvalue weighted by Gasteiger charge is -2.12. The van der Waals surface area contributed by atoms with Crippen LogP contribution in [0.15, 0.2) is 61.1 Å². The van der Waals surface area contributed by atoms with Gasteiger partial charge in [-0.3, -0.25) is 9.55 Å². The first-order chi connectivity index (χ1) is 11.8. The zero-order chi connectivity index (χ0) is 16.1. The van der Waals surface area contributed by atoms with Crippen LogP contribution in [0.25, 0.3) is 28.6 Å². The second kappa shape index (κ2) is 7.11. The van der Waals surface area contributed by atoms with Crippen molar-refractivity contribution < 1.29 is 0 Å². The van der Waals surface area contributed by atoms with Crippen LogP contribution in [0.2, 0.25) is 5.02 Å². The molecule has 0 radical (unpaired) electrons. The fraction of sp³-hybridized carbons (Fsp3) is 0.0556. The summed E-state index contributed by atoms with van der Waals surface area (Å²) >= 11 is 6.27. The molecule has 4 heterocycles. The third-order valence-corrected chi connectivity index (χ3v) is 4.51. The van der Waals surface area contributed by atoms with E-state index in [1.165, 1.54) is 5.56 Å². The van der Waals surface area contributed by atoms with Crippen LogP contribution in [-0.4, -0.2) is 24.3 Å². The van der Waals surface area contributed by atoms with Crippen LogP contribution < -0.4 is 0 Å². The van der Waals surface area contributed by atoms with E-state index in [4.69, 9.17) is 11.6 Å². The highest BCUT2D eigenvalue weighted by Gasteiger charge is 2.24. The third-order valence-electron chi connectivity index (χ3n) is 4.27. The summed E-state index contributed by atoms with van der Waals surface area (Å²) in [4.78, 5) is 4.21. The van der Waals surface area contributed by atoms with Gasteiger partial charge in [0, 0.05) is 35.7 Å². The summed E-state index contributed by atoms with van der Waals surface area (Å²) in [5.41, 5.74) is 4.12. The number of fused-ring (bicyclic) bond motifs is 5. The van der Waals surface area contributed by atoms with Crippen molar-refractivity contribution in [1.82, 2.24) is 24.3 Å². The van der Waals surface area contributed by atoms with E-state index in [9.17, 15) is 0 Å². The Kier molecular flexibility index (Phi) is 5.05. The Bertz CT molecular complexity index is 1060. The van der Waals surface area contributed by atoms with Crippen molar-refractivity contribution in [3.05, 3.63) is 71.6 Å². The average Bonchev–Trinajstić information content (AvgIpc) is 3.21. The van der Waals surface area contributed by atoms with Crippen molar-refractivity contribution in [2.75, 3.05) is 0 Å². The van der Waals surface area contributed by atoms with Gasteiger partial charge >= 0.3 is 0 Å². The quantitative estimate of drug-likeness (QED) is 0.407. The second-order valence-corrected chi connectivity index (χ2v) is 6.16. The molecular formula is C18H14Cl3N5. The van der Waals surface area contributed by atoms with Crippen LogP contribution in [0, 0.1) is 0 Å². The van der Waals surface area contributed by atoms with Crippen molar-refractivity contribution in [3.8, 4) is 28.6 Å². The molecule has 0 bridgehead atoms. The predicted molar refractivity (Wildman–Crippen MR) is 107 cm³/mol. The summed E-state index contributed by atoms with van der Waals surface area (Å²) in [6, 6.07) is 13.9. The molecule has 4 aromatic rings. The number of hydrogen-bond acceptors (Lipinski definition) is 3. The van der Waals surface area contributed by atoms with E-state index in [1.807, 2.05) is 30.3 Å². The van der Waals surface area contributed by atoms with Crippen molar-refractivity contribution in [1.29, 1.82) is 0 Å². The molecule has 1 aliphatic rings. The fourth-order valence-corrected chi connectivity index (χ4v) is 3.34. The first kappa shape index (κ1) is 18.5. The van der Waals surface area contributed by atoms with Crippen LogP contribution in [0.1, 0.15) is 5.56 Å². The molecule has 0 aliphatic carbocycles. The van der Waals surface area contributed by atoms with E-state index in [2.05, 4.69) is 42.6 Å². The second-order valence-electron chi connectivity index (χ2n) is 5.72. The maximum absolute atomic E-state index is 6.27. The van der Waals surface area contributed by atoms with Crippen molar-refractivity contribution in [2.45, 2.75) is 6.54 Å². The highest BCUT2D eigenvalue weighted by Crippen LogP contribution is 2.34. The Morgan fingerprint density at radius 2 is 1.81 bits per heavy atom. The van der Waals surface area contributed by atoms with Gasteiger partial charge in [0.15, 0.2) is 11.6 Å². The van der Waals surface area contributed by atoms with Crippen molar-refractivity contribution >= 4 is 36.4 Å². The highest BCUT2D eigenvalue weighted by atomic mass is 35.5. The molecule has 1 aromatic carbocycles. The number of halogens is 3. The molecule has 1 aliphatic heterocycles. The molecule has 0 saturated carbocycles. The van der Waals surface area contributed by atoms with Crippen LogP contribution in [0.3, 0.4) is 0 Å². The Labute approximate surface area is 167 Å². The lowest BCUT2D eigenvalue weighted by Crippen LogP contribution is -2.02. The van der Waals surface area contributed by atoms with Gasteiger partial charge in [0.05, 0.1) is 11.4 Å². The van der Waals surface area contributed by atoms with Crippen LogP contribution in [0.4, 0.5) is 0 Å².